The van der Waals surface area contributed by atoms with Crippen LogP contribution in [0.5, 0.6) is 0 Å². The minimum Gasteiger partial charge on any atom is -0.466 e. The van der Waals surface area contributed by atoms with Gasteiger partial charge in [0, 0.05) is 0 Å². The average Bonchev–Trinajstić information content (AvgIpc) is 2.33. The van der Waals surface area contributed by atoms with E-state index in [4.69, 9.17) is 21.1 Å². The lowest BCUT2D eigenvalue weighted by Gasteiger charge is -2.13. The summed E-state index contributed by atoms with van der Waals surface area (Å²) < 4.78 is 23.1. The van der Waals surface area contributed by atoms with Gasteiger partial charge < -0.3 is 9.47 Å². The Hall–Kier alpha value is -1.14. The van der Waals surface area contributed by atoms with E-state index < -0.39 is 23.9 Å². The first-order chi connectivity index (χ1) is 9.35. The molecule has 20 heavy (non-hydrogen) atoms. The number of rotatable bonds is 5. The fourth-order valence-electron chi connectivity index (χ4n) is 1.42. The molecule has 0 radical (unpaired) electrons. The van der Waals surface area contributed by atoms with Crippen molar-refractivity contribution in [1.82, 2.24) is 0 Å². The highest BCUT2D eigenvalue weighted by atomic mass is 79.9. The number of carbonyl (C=O) groups excluding carboxylic acids is 2. The quantitative estimate of drug-likeness (QED) is 0.588. The van der Waals surface area contributed by atoms with Crippen molar-refractivity contribution in [2.24, 2.45) is 0 Å². The van der Waals surface area contributed by atoms with Crippen molar-refractivity contribution in [3.05, 3.63) is 33.0 Å². The van der Waals surface area contributed by atoms with Gasteiger partial charge in [0.25, 0.3) is 0 Å². The minimum atomic E-state index is -0.729. The fraction of sp³-hybridized carbons (Fsp3) is 0.385. The van der Waals surface area contributed by atoms with Gasteiger partial charge in [-0.1, -0.05) is 11.6 Å². The van der Waals surface area contributed by atoms with Crippen molar-refractivity contribution in [2.75, 3.05) is 6.61 Å². The smallest absolute Gasteiger partial charge is 0.339 e. The molecule has 0 aromatic heterocycles. The van der Waals surface area contributed by atoms with Crippen LogP contribution in [0.2, 0.25) is 5.02 Å². The highest BCUT2D eigenvalue weighted by Crippen LogP contribution is 2.25. The van der Waals surface area contributed by atoms with E-state index in [9.17, 15) is 14.0 Å². The first-order valence-electron chi connectivity index (χ1n) is 5.86. The van der Waals surface area contributed by atoms with Crippen LogP contribution in [0, 0.1) is 5.82 Å². The second-order valence-corrected chi connectivity index (χ2v) is 5.23. The van der Waals surface area contributed by atoms with Gasteiger partial charge in [0.2, 0.25) is 0 Å². The second kappa shape index (κ2) is 7.59. The van der Waals surface area contributed by atoms with E-state index in [-0.39, 0.29) is 28.1 Å². The minimum absolute atomic E-state index is 0.0238. The highest BCUT2D eigenvalue weighted by Gasteiger charge is 2.19. The summed E-state index contributed by atoms with van der Waals surface area (Å²) in [5, 5.41) is -0.0564. The third kappa shape index (κ3) is 4.76. The average molecular weight is 368 g/mol. The lowest BCUT2D eigenvalue weighted by molar-refractivity contribution is -0.145. The molecule has 0 aliphatic heterocycles. The van der Waals surface area contributed by atoms with Gasteiger partial charge in [0.15, 0.2) is 0 Å². The number of ether oxygens (including phenoxy) is 2. The summed E-state index contributed by atoms with van der Waals surface area (Å²) in [7, 11) is 0. The number of esters is 2. The van der Waals surface area contributed by atoms with Crippen molar-refractivity contribution < 1.29 is 23.5 Å². The van der Waals surface area contributed by atoms with Crippen LogP contribution in [0.25, 0.3) is 0 Å². The Kier molecular flexibility index (Phi) is 6.42. The summed E-state index contributed by atoms with van der Waals surface area (Å²) in [4.78, 5) is 23.1. The van der Waals surface area contributed by atoms with Crippen molar-refractivity contribution in [3.63, 3.8) is 0 Å². The Balaban J connectivity index is 2.72. The molecule has 0 heterocycles. The molecule has 4 nitrogen and oxygen atoms in total. The Morgan fingerprint density at radius 1 is 1.45 bits per heavy atom. The predicted molar refractivity (Wildman–Crippen MR) is 75.2 cm³/mol. The van der Waals surface area contributed by atoms with Crippen LogP contribution in [0.1, 0.15) is 30.6 Å². The molecule has 0 saturated heterocycles. The van der Waals surface area contributed by atoms with E-state index in [1.54, 1.807) is 13.8 Å². The van der Waals surface area contributed by atoms with Gasteiger partial charge in [-0.25, -0.2) is 9.18 Å². The molecule has 0 fully saturated rings. The Morgan fingerprint density at radius 2 is 2.10 bits per heavy atom. The predicted octanol–water partition coefficient (Wildman–Crippen LogP) is 3.74. The molecule has 1 rings (SSSR count). The zero-order chi connectivity index (χ0) is 15.3. The molecule has 1 aromatic carbocycles. The van der Waals surface area contributed by atoms with E-state index in [0.717, 1.165) is 6.07 Å². The topological polar surface area (TPSA) is 52.6 Å². The molecule has 0 N–H and O–H groups in total. The molecular formula is C13H13BrClFO4. The summed E-state index contributed by atoms with van der Waals surface area (Å²) in [6, 6.07) is 2.25. The molecule has 1 atom stereocenters. The molecule has 0 unspecified atom stereocenters. The van der Waals surface area contributed by atoms with Gasteiger partial charge in [-0.2, -0.15) is 0 Å². The zero-order valence-electron chi connectivity index (χ0n) is 10.9. The third-order valence-electron chi connectivity index (χ3n) is 2.30. The van der Waals surface area contributed by atoms with E-state index in [0.29, 0.717) is 0 Å². The molecule has 110 valence electrons. The van der Waals surface area contributed by atoms with Gasteiger partial charge in [-0.15, -0.1) is 0 Å². The number of benzene rings is 1. The first-order valence-corrected chi connectivity index (χ1v) is 7.03. The summed E-state index contributed by atoms with van der Waals surface area (Å²) >= 11 is 8.74. The third-order valence-corrected chi connectivity index (χ3v) is 3.22. The largest absolute Gasteiger partial charge is 0.466 e. The first kappa shape index (κ1) is 16.9. The molecule has 7 heteroatoms. The van der Waals surface area contributed by atoms with Gasteiger partial charge in [-0.05, 0) is 41.9 Å². The van der Waals surface area contributed by atoms with Crippen LogP contribution >= 0.6 is 27.5 Å². The van der Waals surface area contributed by atoms with Crippen LogP contribution < -0.4 is 0 Å². The lowest BCUT2D eigenvalue weighted by Crippen LogP contribution is -2.20. The number of halogens is 3. The lowest BCUT2D eigenvalue weighted by atomic mass is 10.2. The zero-order valence-corrected chi connectivity index (χ0v) is 13.3. The van der Waals surface area contributed by atoms with Crippen LogP contribution in [0.4, 0.5) is 4.39 Å². The molecule has 0 saturated carbocycles. The van der Waals surface area contributed by atoms with Crippen LogP contribution in [0.15, 0.2) is 16.6 Å². The molecule has 1 aromatic rings. The highest BCUT2D eigenvalue weighted by molar-refractivity contribution is 9.10. The summed E-state index contributed by atoms with van der Waals surface area (Å²) in [6.45, 7) is 3.50. The number of hydrogen-bond acceptors (Lipinski definition) is 4. The Bertz CT molecular complexity index is 521. The van der Waals surface area contributed by atoms with Crippen molar-refractivity contribution in [1.29, 1.82) is 0 Å². The monoisotopic (exact) mass is 366 g/mol. The number of hydrogen-bond donors (Lipinski definition) is 0. The molecule has 0 amide bonds. The van der Waals surface area contributed by atoms with Gasteiger partial charge in [0.05, 0.1) is 28.1 Å². The molecule has 0 aliphatic rings. The van der Waals surface area contributed by atoms with Crippen molar-refractivity contribution in [3.8, 4) is 0 Å². The maximum Gasteiger partial charge on any atom is 0.339 e. The van der Waals surface area contributed by atoms with E-state index >= 15 is 0 Å². The van der Waals surface area contributed by atoms with Crippen molar-refractivity contribution >= 4 is 39.5 Å². The van der Waals surface area contributed by atoms with Gasteiger partial charge in [-0.3, -0.25) is 4.79 Å². The summed E-state index contributed by atoms with van der Waals surface area (Å²) in [5.41, 5.74) is 0.0238. The summed E-state index contributed by atoms with van der Waals surface area (Å²) in [5.74, 6) is -1.77. The van der Waals surface area contributed by atoms with E-state index in [1.807, 2.05) is 0 Å². The SMILES string of the molecule is CCOC(=O)C[C@H](C)OC(=O)c1cc(Br)c(F)cc1Cl. The van der Waals surface area contributed by atoms with Crippen molar-refractivity contribution in [2.45, 2.75) is 26.4 Å². The van der Waals surface area contributed by atoms with Crippen LogP contribution in [-0.4, -0.2) is 24.6 Å². The van der Waals surface area contributed by atoms with E-state index in [2.05, 4.69) is 15.9 Å². The molecule has 0 aliphatic carbocycles. The van der Waals surface area contributed by atoms with Crippen LogP contribution in [0.3, 0.4) is 0 Å². The normalized spacial score (nSPS) is 11.8. The molecule has 0 bridgehead atoms. The Labute approximate surface area is 129 Å². The maximum absolute atomic E-state index is 13.2. The van der Waals surface area contributed by atoms with Crippen LogP contribution in [-0.2, 0) is 14.3 Å². The summed E-state index contributed by atoms with van der Waals surface area (Å²) in [6.07, 6.45) is -0.721. The standard InChI is InChI=1S/C13H13BrClFO4/c1-3-19-12(17)4-7(2)20-13(18)8-5-9(14)11(16)6-10(8)15/h5-7H,3-4H2,1-2H3/t7-/m0/s1. The van der Waals surface area contributed by atoms with Gasteiger partial charge >= 0.3 is 11.9 Å². The molecule has 0 spiro atoms. The Morgan fingerprint density at radius 3 is 2.70 bits per heavy atom. The number of carbonyl (C=O) groups is 2. The second-order valence-electron chi connectivity index (χ2n) is 3.97. The molecular weight excluding hydrogens is 354 g/mol. The van der Waals surface area contributed by atoms with Gasteiger partial charge in [0.1, 0.15) is 11.9 Å². The maximum atomic E-state index is 13.2. The fourth-order valence-corrected chi connectivity index (χ4v) is 1.99. The van der Waals surface area contributed by atoms with E-state index in [1.165, 1.54) is 6.07 Å².